The van der Waals surface area contributed by atoms with Crippen LogP contribution < -0.4 is 0 Å². The predicted octanol–water partition coefficient (Wildman–Crippen LogP) is 2.57. The molecule has 0 aromatic rings. The van der Waals surface area contributed by atoms with E-state index < -0.39 is 30.5 Å². The Hall–Kier alpha value is -1.27. The van der Waals surface area contributed by atoms with Crippen molar-refractivity contribution in [2.75, 3.05) is 0 Å². The third-order valence-corrected chi connectivity index (χ3v) is 4.30. The molecule has 114 valence electrons. The Morgan fingerprint density at radius 1 is 1.10 bits per heavy atom. The Labute approximate surface area is 114 Å². The molecule has 1 amide bonds. The van der Waals surface area contributed by atoms with E-state index in [-0.39, 0.29) is 18.4 Å². The van der Waals surface area contributed by atoms with Gasteiger partial charge in [0.05, 0.1) is 0 Å². The Morgan fingerprint density at radius 2 is 1.75 bits per heavy atom. The molecule has 20 heavy (non-hydrogen) atoms. The molecule has 1 aliphatic heterocycles. The molecule has 3 unspecified atom stereocenters. The molecular weight excluding hydrogens is 275 g/mol. The van der Waals surface area contributed by atoms with Crippen LogP contribution in [-0.4, -0.2) is 40.1 Å². The number of carbonyl (C=O) groups excluding carboxylic acids is 1. The number of carbonyl (C=O) groups is 2. The third kappa shape index (κ3) is 3.24. The van der Waals surface area contributed by atoms with Gasteiger partial charge in [-0.15, -0.1) is 0 Å². The average molecular weight is 293 g/mol. The van der Waals surface area contributed by atoms with Crippen molar-refractivity contribution < 1.29 is 27.9 Å². The number of fused-ring (bicyclic) bond motifs is 1. The number of aliphatic carboxylic acids is 1. The monoisotopic (exact) mass is 293 g/mol. The van der Waals surface area contributed by atoms with Gasteiger partial charge in [0.1, 0.15) is 12.5 Å². The van der Waals surface area contributed by atoms with Gasteiger partial charge in [-0.05, 0) is 31.6 Å². The first-order valence-electron chi connectivity index (χ1n) is 6.90. The number of amides is 1. The summed E-state index contributed by atoms with van der Waals surface area (Å²) in [7, 11) is 0. The molecule has 4 nitrogen and oxygen atoms in total. The van der Waals surface area contributed by atoms with Gasteiger partial charge in [0.25, 0.3) is 0 Å². The zero-order valence-electron chi connectivity index (χ0n) is 11.0. The summed E-state index contributed by atoms with van der Waals surface area (Å²) >= 11 is 0. The van der Waals surface area contributed by atoms with Crippen molar-refractivity contribution in [1.82, 2.24) is 4.90 Å². The Morgan fingerprint density at radius 3 is 2.35 bits per heavy atom. The van der Waals surface area contributed by atoms with Crippen LogP contribution in [0.5, 0.6) is 0 Å². The number of carboxylic acid groups (broad SMARTS) is 1. The maximum atomic E-state index is 12.4. The van der Waals surface area contributed by atoms with Gasteiger partial charge >= 0.3 is 12.1 Å². The van der Waals surface area contributed by atoms with Gasteiger partial charge in [-0.1, -0.05) is 12.8 Å². The molecule has 0 aromatic heterocycles. The first kappa shape index (κ1) is 15.1. The summed E-state index contributed by atoms with van der Waals surface area (Å²) in [5, 5.41) is 9.17. The number of piperidine rings is 1. The molecule has 2 rings (SSSR count). The largest absolute Gasteiger partial charge is 0.480 e. The molecule has 0 spiro atoms. The van der Waals surface area contributed by atoms with E-state index in [9.17, 15) is 27.9 Å². The lowest BCUT2D eigenvalue weighted by Gasteiger charge is -2.47. The van der Waals surface area contributed by atoms with E-state index >= 15 is 0 Å². The number of alkyl halides is 3. The van der Waals surface area contributed by atoms with Gasteiger partial charge in [-0.2, -0.15) is 13.2 Å². The highest BCUT2D eigenvalue weighted by molar-refractivity contribution is 5.84. The zero-order valence-corrected chi connectivity index (χ0v) is 11.0. The second kappa shape index (κ2) is 5.61. The Balaban J connectivity index is 2.20. The van der Waals surface area contributed by atoms with Crippen LogP contribution in [0.25, 0.3) is 0 Å². The van der Waals surface area contributed by atoms with E-state index in [4.69, 9.17) is 0 Å². The lowest BCUT2D eigenvalue weighted by Crippen LogP contribution is -2.58. The average Bonchev–Trinajstić information content (AvgIpc) is 2.35. The maximum absolute atomic E-state index is 12.4. The molecule has 1 saturated carbocycles. The number of hydrogen-bond acceptors (Lipinski definition) is 2. The number of nitrogens with zero attached hydrogens (tertiary/aromatic N) is 1. The van der Waals surface area contributed by atoms with Crippen LogP contribution in [0.2, 0.25) is 0 Å². The summed E-state index contributed by atoms with van der Waals surface area (Å²) in [5.74, 6) is -2.15. The summed E-state index contributed by atoms with van der Waals surface area (Å²) < 4.78 is 37.3. The Bertz CT molecular complexity index is 397. The van der Waals surface area contributed by atoms with Gasteiger partial charge in [-0.25, -0.2) is 4.79 Å². The van der Waals surface area contributed by atoms with Crippen LogP contribution in [0.1, 0.15) is 44.9 Å². The van der Waals surface area contributed by atoms with Gasteiger partial charge < -0.3 is 10.0 Å². The van der Waals surface area contributed by atoms with Crippen molar-refractivity contribution in [3.05, 3.63) is 0 Å². The zero-order chi connectivity index (χ0) is 14.9. The molecule has 2 aliphatic rings. The summed E-state index contributed by atoms with van der Waals surface area (Å²) in [6.07, 6.45) is -1.92. The molecule has 1 saturated heterocycles. The van der Waals surface area contributed by atoms with Crippen molar-refractivity contribution in [1.29, 1.82) is 0 Å². The molecule has 0 aromatic carbocycles. The quantitative estimate of drug-likeness (QED) is 0.851. The van der Waals surface area contributed by atoms with Gasteiger partial charge in [0, 0.05) is 6.04 Å². The molecule has 3 atom stereocenters. The predicted molar refractivity (Wildman–Crippen MR) is 63.9 cm³/mol. The van der Waals surface area contributed by atoms with Gasteiger partial charge in [0.2, 0.25) is 5.91 Å². The van der Waals surface area contributed by atoms with E-state index in [1.807, 2.05) is 0 Å². The summed E-state index contributed by atoms with van der Waals surface area (Å²) in [6, 6.07) is -1.45. The number of halogens is 3. The molecule has 0 bridgehead atoms. The normalized spacial score (nSPS) is 30.8. The minimum absolute atomic E-state index is 0.150. The number of likely N-dealkylation sites (tertiary alicyclic amines) is 1. The minimum Gasteiger partial charge on any atom is -0.480 e. The van der Waals surface area contributed by atoms with Crippen LogP contribution in [-0.2, 0) is 9.59 Å². The van der Waals surface area contributed by atoms with Crippen LogP contribution in [0.3, 0.4) is 0 Å². The van der Waals surface area contributed by atoms with E-state index in [0.717, 1.165) is 24.2 Å². The summed E-state index contributed by atoms with van der Waals surface area (Å²) in [6.45, 7) is 0. The number of carboxylic acids is 1. The van der Waals surface area contributed by atoms with Crippen molar-refractivity contribution in [2.24, 2.45) is 5.92 Å². The second-order valence-electron chi connectivity index (χ2n) is 5.64. The van der Waals surface area contributed by atoms with Crippen molar-refractivity contribution in [3.63, 3.8) is 0 Å². The van der Waals surface area contributed by atoms with Crippen LogP contribution in [0.15, 0.2) is 0 Å². The van der Waals surface area contributed by atoms with E-state index in [1.165, 1.54) is 0 Å². The van der Waals surface area contributed by atoms with E-state index in [2.05, 4.69) is 0 Å². The summed E-state index contributed by atoms with van der Waals surface area (Å²) in [4.78, 5) is 24.2. The highest BCUT2D eigenvalue weighted by Crippen LogP contribution is 2.39. The standard InChI is InChI=1S/C13H18F3NO3/c14-13(15,16)7-11(18)17-9-4-2-1-3-8(9)5-6-10(17)12(19)20/h8-10H,1-7H2,(H,19,20). The second-order valence-corrected chi connectivity index (χ2v) is 5.64. The lowest BCUT2D eigenvalue weighted by atomic mass is 9.76. The van der Waals surface area contributed by atoms with Crippen molar-refractivity contribution in [3.8, 4) is 0 Å². The molecule has 7 heteroatoms. The molecule has 1 aliphatic carbocycles. The van der Waals surface area contributed by atoms with Gasteiger partial charge in [-0.3, -0.25) is 4.79 Å². The summed E-state index contributed by atoms with van der Waals surface area (Å²) in [5.41, 5.74) is 0. The first-order chi connectivity index (χ1) is 9.29. The molecule has 1 N–H and O–H groups in total. The smallest absolute Gasteiger partial charge is 0.397 e. The van der Waals surface area contributed by atoms with Crippen molar-refractivity contribution >= 4 is 11.9 Å². The molecular formula is C13H18F3NO3. The highest BCUT2D eigenvalue weighted by Gasteiger charge is 2.46. The molecule has 2 fully saturated rings. The Kier molecular flexibility index (Phi) is 4.25. The van der Waals surface area contributed by atoms with Crippen LogP contribution in [0, 0.1) is 5.92 Å². The van der Waals surface area contributed by atoms with Crippen molar-refractivity contribution in [2.45, 2.75) is 63.2 Å². The van der Waals surface area contributed by atoms with E-state index in [0.29, 0.717) is 12.8 Å². The fourth-order valence-corrected chi connectivity index (χ4v) is 3.50. The maximum Gasteiger partial charge on any atom is 0.397 e. The topological polar surface area (TPSA) is 57.6 Å². The fraction of sp³-hybridized carbons (Fsp3) is 0.846. The van der Waals surface area contributed by atoms with E-state index in [1.54, 1.807) is 0 Å². The minimum atomic E-state index is -4.60. The van der Waals surface area contributed by atoms with Crippen LogP contribution >= 0.6 is 0 Å². The van der Waals surface area contributed by atoms with Crippen LogP contribution in [0.4, 0.5) is 13.2 Å². The molecule has 0 radical (unpaired) electrons. The molecule has 1 heterocycles. The lowest BCUT2D eigenvalue weighted by molar-refractivity contribution is -0.174. The number of rotatable bonds is 2. The van der Waals surface area contributed by atoms with Gasteiger partial charge in [0.15, 0.2) is 0 Å². The fourth-order valence-electron chi connectivity index (χ4n) is 3.50. The third-order valence-electron chi connectivity index (χ3n) is 4.30. The highest BCUT2D eigenvalue weighted by atomic mass is 19.4. The number of hydrogen-bond donors (Lipinski definition) is 1. The first-order valence-corrected chi connectivity index (χ1v) is 6.90. The SMILES string of the molecule is O=C(O)C1CCC2CCCCC2N1C(=O)CC(F)(F)F.